The Labute approximate surface area is 128 Å². The topological polar surface area (TPSA) is 56.5 Å². The summed E-state index contributed by atoms with van der Waals surface area (Å²) in [5.41, 5.74) is 4.09. The van der Waals surface area contributed by atoms with Crippen molar-refractivity contribution in [2.24, 2.45) is 5.84 Å². The monoisotopic (exact) mass is 292 g/mol. The Hall–Kier alpha value is -1.10. The van der Waals surface area contributed by atoms with Gasteiger partial charge in [0.15, 0.2) is 0 Å². The molecule has 0 amide bonds. The van der Waals surface area contributed by atoms with Crippen LogP contribution in [0.3, 0.4) is 0 Å². The van der Waals surface area contributed by atoms with Gasteiger partial charge in [-0.3, -0.25) is 11.3 Å². The molecule has 0 bridgehead atoms. The van der Waals surface area contributed by atoms with Gasteiger partial charge in [0.2, 0.25) is 0 Å². The quantitative estimate of drug-likeness (QED) is 0.599. The van der Waals surface area contributed by atoms with Gasteiger partial charge in [0, 0.05) is 7.11 Å². The van der Waals surface area contributed by atoms with Crippen LogP contribution in [-0.4, -0.2) is 25.4 Å². The normalized spacial score (nSPS) is 19.7. The number of benzene rings is 1. The molecule has 1 aliphatic heterocycles. The van der Waals surface area contributed by atoms with Crippen LogP contribution in [0.15, 0.2) is 24.3 Å². The molecular formula is C17H28N2O2. The Kier molecular flexibility index (Phi) is 5.62. The molecule has 0 aliphatic carbocycles. The maximum Gasteiger partial charge on any atom is 0.122 e. The molecule has 4 nitrogen and oxygen atoms in total. The molecule has 1 aromatic rings. The second-order valence-electron chi connectivity index (χ2n) is 5.80. The number of hydrogen-bond acceptors (Lipinski definition) is 4. The zero-order valence-electron chi connectivity index (χ0n) is 13.4. The highest BCUT2D eigenvalue weighted by Gasteiger charge is 2.37. The fourth-order valence-electron chi connectivity index (χ4n) is 3.55. The lowest BCUT2D eigenvalue weighted by molar-refractivity contribution is -0.0517. The fraction of sp³-hybridized carbons (Fsp3) is 0.647. The molecule has 0 fully saturated rings. The fourth-order valence-corrected chi connectivity index (χ4v) is 3.55. The highest BCUT2D eigenvalue weighted by molar-refractivity contribution is 5.37. The van der Waals surface area contributed by atoms with Gasteiger partial charge in [-0.1, -0.05) is 32.0 Å². The van der Waals surface area contributed by atoms with Crippen LogP contribution >= 0.6 is 0 Å². The summed E-state index contributed by atoms with van der Waals surface area (Å²) in [5.74, 6) is 7.34. The van der Waals surface area contributed by atoms with E-state index in [0.29, 0.717) is 5.92 Å². The van der Waals surface area contributed by atoms with E-state index in [1.54, 1.807) is 7.11 Å². The minimum Gasteiger partial charge on any atom is -0.493 e. The molecule has 0 saturated heterocycles. The SMILES string of the molecule is CCC(CC)(OC)C(CC1CCOc2ccccc21)NN. The number of para-hydroxylation sites is 1. The summed E-state index contributed by atoms with van der Waals surface area (Å²) in [6.45, 7) is 5.10. The average Bonchev–Trinajstić information content (AvgIpc) is 2.56. The Morgan fingerprint density at radius 3 is 2.71 bits per heavy atom. The van der Waals surface area contributed by atoms with Crippen molar-refractivity contribution in [3.05, 3.63) is 29.8 Å². The lowest BCUT2D eigenvalue weighted by Gasteiger charge is -2.40. The molecule has 2 rings (SSSR count). The van der Waals surface area contributed by atoms with Gasteiger partial charge >= 0.3 is 0 Å². The first-order valence-electron chi connectivity index (χ1n) is 7.93. The molecular weight excluding hydrogens is 264 g/mol. The molecule has 118 valence electrons. The molecule has 1 aromatic carbocycles. The van der Waals surface area contributed by atoms with E-state index >= 15 is 0 Å². The third kappa shape index (κ3) is 3.23. The van der Waals surface area contributed by atoms with Gasteiger partial charge in [-0.25, -0.2) is 0 Å². The van der Waals surface area contributed by atoms with E-state index < -0.39 is 0 Å². The summed E-state index contributed by atoms with van der Waals surface area (Å²) in [6, 6.07) is 8.45. The summed E-state index contributed by atoms with van der Waals surface area (Å²) in [5, 5.41) is 0. The van der Waals surface area contributed by atoms with Crippen LogP contribution in [-0.2, 0) is 4.74 Å². The van der Waals surface area contributed by atoms with Crippen LogP contribution in [0, 0.1) is 0 Å². The van der Waals surface area contributed by atoms with Crippen molar-refractivity contribution in [3.8, 4) is 5.75 Å². The second-order valence-corrected chi connectivity index (χ2v) is 5.80. The Morgan fingerprint density at radius 2 is 2.10 bits per heavy atom. The van der Waals surface area contributed by atoms with Gasteiger partial charge in [0.25, 0.3) is 0 Å². The van der Waals surface area contributed by atoms with Crippen LogP contribution in [0.1, 0.15) is 51.0 Å². The zero-order valence-corrected chi connectivity index (χ0v) is 13.4. The van der Waals surface area contributed by atoms with E-state index in [2.05, 4.69) is 37.5 Å². The lowest BCUT2D eigenvalue weighted by atomic mass is 9.79. The summed E-state index contributed by atoms with van der Waals surface area (Å²) in [7, 11) is 1.79. The Balaban J connectivity index is 2.20. The highest BCUT2D eigenvalue weighted by Crippen LogP contribution is 2.39. The highest BCUT2D eigenvalue weighted by atomic mass is 16.5. The van der Waals surface area contributed by atoms with Gasteiger partial charge < -0.3 is 9.47 Å². The first kappa shape index (κ1) is 16.3. The summed E-state index contributed by atoms with van der Waals surface area (Å²) < 4.78 is 11.6. The molecule has 2 unspecified atom stereocenters. The van der Waals surface area contributed by atoms with Crippen LogP contribution in [0.5, 0.6) is 5.75 Å². The molecule has 21 heavy (non-hydrogen) atoms. The maximum absolute atomic E-state index is 5.86. The van der Waals surface area contributed by atoms with Crippen molar-refractivity contribution in [1.82, 2.24) is 5.43 Å². The maximum atomic E-state index is 5.86. The van der Waals surface area contributed by atoms with Crippen molar-refractivity contribution in [3.63, 3.8) is 0 Å². The third-order valence-electron chi connectivity index (χ3n) is 5.04. The van der Waals surface area contributed by atoms with E-state index in [9.17, 15) is 0 Å². The van der Waals surface area contributed by atoms with E-state index in [0.717, 1.165) is 38.0 Å². The molecule has 3 N–H and O–H groups in total. The zero-order chi connectivity index (χ0) is 15.3. The number of methoxy groups -OCH3 is 1. The lowest BCUT2D eigenvalue weighted by Crippen LogP contribution is -2.54. The summed E-state index contributed by atoms with van der Waals surface area (Å²) in [4.78, 5) is 0. The van der Waals surface area contributed by atoms with Crippen molar-refractivity contribution in [1.29, 1.82) is 0 Å². The molecule has 4 heteroatoms. The van der Waals surface area contributed by atoms with Crippen LogP contribution in [0.2, 0.25) is 0 Å². The number of nitrogens with two attached hydrogens (primary N) is 1. The number of ether oxygens (including phenoxy) is 2. The molecule has 2 atom stereocenters. The van der Waals surface area contributed by atoms with Gasteiger partial charge in [-0.15, -0.1) is 0 Å². The van der Waals surface area contributed by atoms with E-state index in [4.69, 9.17) is 15.3 Å². The molecule has 0 aromatic heterocycles. The predicted molar refractivity (Wildman–Crippen MR) is 85.3 cm³/mol. The Bertz CT molecular complexity index is 438. The largest absolute Gasteiger partial charge is 0.493 e. The van der Waals surface area contributed by atoms with Crippen molar-refractivity contribution in [2.45, 2.75) is 57.1 Å². The van der Waals surface area contributed by atoms with Gasteiger partial charge in [-0.05, 0) is 43.2 Å². The average molecular weight is 292 g/mol. The molecule has 1 aliphatic rings. The smallest absolute Gasteiger partial charge is 0.122 e. The number of hydrogen-bond donors (Lipinski definition) is 2. The molecule has 1 heterocycles. The van der Waals surface area contributed by atoms with Crippen molar-refractivity contribution < 1.29 is 9.47 Å². The standard InChI is InChI=1S/C17H28N2O2/c1-4-17(5-2,20-3)16(19-18)12-13-10-11-21-15-9-7-6-8-14(13)15/h6-9,13,16,19H,4-5,10-12,18H2,1-3H3. The van der Waals surface area contributed by atoms with E-state index in [1.807, 2.05) is 6.07 Å². The minimum absolute atomic E-state index is 0.133. The first-order valence-corrected chi connectivity index (χ1v) is 7.93. The summed E-state index contributed by atoms with van der Waals surface area (Å²) >= 11 is 0. The van der Waals surface area contributed by atoms with E-state index in [1.165, 1.54) is 5.56 Å². The van der Waals surface area contributed by atoms with Crippen LogP contribution < -0.4 is 16.0 Å². The molecule has 0 spiro atoms. The van der Waals surface area contributed by atoms with Gasteiger partial charge in [0.1, 0.15) is 5.75 Å². The van der Waals surface area contributed by atoms with E-state index in [-0.39, 0.29) is 11.6 Å². The minimum atomic E-state index is -0.206. The summed E-state index contributed by atoms with van der Waals surface area (Å²) in [6.07, 6.45) is 3.88. The number of hydrazine groups is 1. The molecule has 0 radical (unpaired) electrons. The number of nitrogens with one attached hydrogen (secondary N) is 1. The van der Waals surface area contributed by atoms with Crippen molar-refractivity contribution >= 4 is 0 Å². The number of rotatable bonds is 7. The first-order chi connectivity index (χ1) is 10.2. The number of fused-ring (bicyclic) bond motifs is 1. The van der Waals surface area contributed by atoms with Crippen molar-refractivity contribution in [2.75, 3.05) is 13.7 Å². The third-order valence-corrected chi connectivity index (χ3v) is 5.04. The van der Waals surface area contributed by atoms with Gasteiger partial charge in [0.05, 0.1) is 18.2 Å². The predicted octanol–water partition coefficient (Wildman–Crippen LogP) is 2.98. The van der Waals surface area contributed by atoms with Crippen LogP contribution in [0.4, 0.5) is 0 Å². The second kappa shape index (κ2) is 7.25. The molecule has 0 saturated carbocycles. The van der Waals surface area contributed by atoms with Crippen LogP contribution in [0.25, 0.3) is 0 Å². The van der Waals surface area contributed by atoms with Gasteiger partial charge in [-0.2, -0.15) is 0 Å². The Morgan fingerprint density at radius 1 is 1.38 bits per heavy atom.